The van der Waals surface area contributed by atoms with Gasteiger partial charge in [0.2, 0.25) is 0 Å². The molecule has 1 unspecified atom stereocenters. The van der Waals surface area contributed by atoms with Gasteiger partial charge in [0.05, 0.1) is 5.56 Å². The van der Waals surface area contributed by atoms with Crippen molar-refractivity contribution < 1.29 is 9.90 Å². The van der Waals surface area contributed by atoms with Crippen LogP contribution in [0.5, 0.6) is 0 Å². The van der Waals surface area contributed by atoms with Crippen LogP contribution in [-0.4, -0.2) is 17.6 Å². The van der Waals surface area contributed by atoms with Gasteiger partial charge in [-0.1, -0.05) is 25.1 Å². The van der Waals surface area contributed by atoms with Crippen LogP contribution < -0.4 is 5.73 Å². The van der Waals surface area contributed by atoms with Gasteiger partial charge in [-0.2, -0.15) is 0 Å². The van der Waals surface area contributed by atoms with Crippen LogP contribution in [0.15, 0.2) is 24.3 Å². The number of carbonyl (C=O) groups is 1. The number of benzene rings is 1. The smallest absolute Gasteiger partial charge is 0.335 e. The molecule has 1 atom stereocenters. The summed E-state index contributed by atoms with van der Waals surface area (Å²) >= 11 is 0. The molecule has 3 N–H and O–H groups in total. The maximum absolute atomic E-state index is 10.9. The van der Waals surface area contributed by atoms with Gasteiger partial charge in [-0.05, 0) is 30.5 Å². The van der Waals surface area contributed by atoms with Crippen molar-refractivity contribution in [2.75, 3.05) is 6.54 Å². The van der Waals surface area contributed by atoms with Crippen molar-refractivity contribution in [1.29, 1.82) is 0 Å². The van der Waals surface area contributed by atoms with Gasteiger partial charge < -0.3 is 10.8 Å². The Hall–Kier alpha value is -1.35. The number of hydrogen-bond acceptors (Lipinski definition) is 2. The molecular formula is C11H15NO2. The van der Waals surface area contributed by atoms with E-state index in [0.29, 0.717) is 18.0 Å². The molecule has 0 bridgehead atoms. The summed E-state index contributed by atoms with van der Waals surface area (Å²) in [5.74, 6) is -0.555. The molecule has 0 amide bonds. The predicted molar refractivity (Wildman–Crippen MR) is 55.3 cm³/mol. The SMILES string of the molecule is CC(CN)Cc1ccccc1C(=O)O. The van der Waals surface area contributed by atoms with Crippen molar-refractivity contribution >= 4 is 5.97 Å². The maximum Gasteiger partial charge on any atom is 0.335 e. The minimum atomic E-state index is -0.871. The Morgan fingerprint density at radius 2 is 2.14 bits per heavy atom. The van der Waals surface area contributed by atoms with Crippen LogP contribution in [0.4, 0.5) is 0 Å². The van der Waals surface area contributed by atoms with E-state index in [-0.39, 0.29) is 0 Å². The normalized spacial score (nSPS) is 12.4. The van der Waals surface area contributed by atoms with Crippen molar-refractivity contribution in [2.24, 2.45) is 11.7 Å². The summed E-state index contributed by atoms with van der Waals surface area (Å²) in [5.41, 5.74) is 6.74. The third-order valence-corrected chi connectivity index (χ3v) is 2.22. The molecule has 0 spiro atoms. The molecule has 0 saturated carbocycles. The molecule has 0 aliphatic carbocycles. The molecule has 3 heteroatoms. The Balaban J connectivity index is 2.90. The van der Waals surface area contributed by atoms with Crippen LogP contribution >= 0.6 is 0 Å². The lowest BCUT2D eigenvalue weighted by Gasteiger charge is -2.10. The zero-order valence-corrected chi connectivity index (χ0v) is 8.23. The standard InChI is InChI=1S/C11H15NO2/c1-8(7-12)6-9-4-2-3-5-10(9)11(13)14/h2-5,8H,6-7,12H2,1H3,(H,13,14). The lowest BCUT2D eigenvalue weighted by atomic mass is 9.97. The van der Waals surface area contributed by atoms with Gasteiger partial charge in [-0.25, -0.2) is 4.79 Å². The molecule has 0 aliphatic heterocycles. The van der Waals surface area contributed by atoms with Crippen LogP contribution in [0.3, 0.4) is 0 Å². The number of carboxylic acids is 1. The number of nitrogens with two attached hydrogens (primary N) is 1. The Bertz CT molecular complexity index is 323. The highest BCUT2D eigenvalue weighted by molar-refractivity contribution is 5.89. The molecule has 0 aliphatic rings. The number of hydrogen-bond donors (Lipinski definition) is 2. The van der Waals surface area contributed by atoms with Gasteiger partial charge in [-0.15, -0.1) is 0 Å². The number of carboxylic acid groups (broad SMARTS) is 1. The van der Waals surface area contributed by atoms with E-state index in [2.05, 4.69) is 0 Å². The molecule has 0 aromatic heterocycles. The van der Waals surface area contributed by atoms with Crippen molar-refractivity contribution in [2.45, 2.75) is 13.3 Å². The van der Waals surface area contributed by atoms with Crippen molar-refractivity contribution in [3.05, 3.63) is 35.4 Å². The van der Waals surface area contributed by atoms with E-state index in [0.717, 1.165) is 12.0 Å². The Kier molecular flexibility index (Phi) is 3.65. The molecule has 0 radical (unpaired) electrons. The van der Waals surface area contributed by atoms with Gasteiger partial charge in [-0.3, -0.25) is 0 Å². The second kappa shape index (κ2) is 4.77. The van der Waals surface area contributed by atoms with Crippen LogP contribution in [0.2, 0.25) is 0 Å². The van der Waals surface area contributed by atoms with Crippen LogP contribution in [-0.2, 0) is 6.42 Å². The van der Waals surface area contributed by atoms with Gasteiger partial charge in [0.1, 0.15) is 0 Å². The molecule has 14 heavy (non-hydrogen) atoms. The summed E-state index contributed by atoms with van der Waals surface area (Å²) in [6.07, 6.45) is 0.721. The van der Waals surface area contributed by atoms with Gasteiger partial charge in [0.15, 0.2) is 0 Å². The summed E-state index contributed by atoms with van der Waals surface area (Å²) in [4.78, 5) is 10.9. The summed E-state index contributed by atoms with van der Waals surface area (Å²) in [6.45, 7) is 2.59. The minimum Gasteiger partial charge on any atom is -0.478 e. The molecular weight excluding hydrogens is 178 g/mol. The molecule has 3 nitrogen and oxygen atoms in total. The number of aromatic carboxylic acids is 1. The van der Waals surface area contributed by atoms with E-state index in [1.54, 1.807) is 12.1 Å². The van der Waals surface area contributed by atoms with Crippen LogP contribution in [0, 0.1) is 5.92 Å². The molecule has 0 saturated heterocycles. The van der Waals surface area contributed by atoms with Crippen molar-refractivity contribution in [3.63, 3.8) is 0 Å². The Morgan fingerprint density at radius 1 is 1.50 bits per heavy atom. The topological polar surface area (TPSA) is 63.3 Å². The van der Waals surface area contributed by atoms with Gasteiger partial charge in [0.25, 0.3) is 0 Å². The van der Waals surface area contributed by atoms with Gasteiger partial charge >= 0.3 is 5.97 Å². The number of rotatable bonds is 4. The van der Waals surface area contributed by atoms with Crippen molar-refractivity contribution in [1.82, 2.24) is 0 Å². The molecule has 0 fully saturated rings. The third-order valence-electron chi connectivity index (χ3n) is 2.22. The first kappa shape index (κ1) is 10.7. The molecule has 76 valence electrons. The van der Waals surface area contributed by atoms with E-state index in [4.69, 9.17) is 10.8 Å². The third kappa shape index (κ3) is 2.57. The predicted octanol–water partition coefficient (Wildman–Crippen LogP) is 1.52. The Labute approximate surface area is 83.6 Å². The summed E-state index contributed by atoms with van der Waals surface area (Å²) in [6, 6.07) is 7.06. The fourth-order valence-electron chi connectivity index (χ4n) is 1.37. The largest absolute Gasteiger partial charge is 0.478 e. The first-order chi connectivity index (χ1) is 6.65. The lowest BCUT2D eigenvalue weighted by Crippen LogP contribution is -2.15. The van der Waals surface area contributed by atoms with Gasteiger partial charge in [0, 0.05) is 0 Å². The lowest BCUT2D eigenvalue weighted by molar-refractivity contribution is 0.0695. The molecule has 1 aromatic carbocycles. The monoisotopic (exact) mass is 193 g/mol. The highest BCUT2D eigenvalue weighted by Gasteiger charge is 2.10. The summed E-state index contributed by atoms with van der Waals surface area (Å²) in [5, 5.41) is 8.92. The van der Waals surface area contributed by atoms with E-state index in [9.17, 15) is 4.79 Å². The molecule has 1 aromatic rings. The zero-order valence-electron chi connectivity index (χ0n) is 8.23. The quantitative estimate of drug-likeness (QED) is 0.762. The van der Waals surface area contributed by atoms with Crippen LogP contribution in [0.25, 0.3) is 0 Å². The van der Waals surface area contributed by atoms with E-state index < -0.39 is 5.97 Å². The molecule has 0 heterocycles. The minimum absolute atomic E-state index is 0.315. The average molecular weight is 193 g/mol. The second-order valence-corrected chi connectivity index (χ2v) is 3.51. The first-order valence-corrected chi connectivity index (χ1v) is 4.66. The highest BCUT2D eigenvalue weighted by atomic mass is 16.4. The Morgan fingerprint density at radius 3 is 2.71 bits per heavy atom. The van der Waals surface area contributed by atoms with E-state index in [1.807, 2.05) is 19.1 Å². The fourth-order valence-corrected chi connectivity index (χ4v) is 1.37. The van der Waals surface area contributed by atoms with E-state index in [1.165, 1.54) is 0 Å². The summed E-state index contributed by atoms with van der Waals surface area (Å²) < 4.78 is 0. The second-order valence-electron chi connectivity index (χ2n) is 3.51. The maximum atomic E-state index is 10.9. The van der Waals surface area contributed by atoms with Crippen LogP contribution in [0.1, 0.15) is 22.8 Å². The van der Waals surface area contributed by atoms with Crippen molar-refractivity contribution in [3.8, 4) is 0 Å². The first-order valence-electron chi connectivity index (χ1n) is 4.66. The van der Waals surface area contributed by atoms with E-state index >= 15 is 0 Å². The zero-order chi connectivity index (χ0) is 10.6. The fraction of sp³-hybridized carbons (Fsp3) is 0.364. The average Bonchev–Trinajstić information content (AvgIpc) is 2.18. The summed E-state index contributed by atoms with van der Waals surface area (Å²) in [7, 11) is 0. The molecule has 1 rings (SSSR count). The highest BCUT2D eigenvalue weighted by Crippen LogP contribution is 2.13.